The molecule has 1 aliphatic heterocycles. The summed E-state index contributed by atoms with van der Waals surface area (Å²) >= 11 is 0. The van der Waals surface area contributed by atoms with Gasteiger partial charge < -0.3 is 10.1 Å². The minimum Gasteiger partial charge on any atom is -0.496 e. The predicted molar refractivity (Wildman–Crippen MR) is 70.5 cm³/mol. The molecule has 94 valence electrons. The number of nitrogens with one attached hydrogen (secondary N) is 1. The van der Waals surface area contributed by atoms with Crippen molar-refractivity contribution in [2.45, 2.75) is 19.9 Å². The largest absolute Gasteiger partial charge is 0.496 e. The van der Waals surface area contributed by atoms with Crippen LogP contribution in [-0.4, -0.2) is 38.2 Å². The second kappa shape index (κ2) is 6.03. The molecule has 1 saturated heterocycles. The summed E-state index contributed by atoms with van der Waals surface area (Å²) in [6, 6.07) is 6.46. The molecule has 1 aliphatic rings. The highest BCUT2D eigenvalue weighted by atomic mass is 16.5. The molecule has 1 N–H and O–H groups in total. The zero-order chi connectivity index (χ0) is 12.1. The Morgan fingerprint density at radius 3 is 3.00 bits per heavy atom. The van der Waals surface area contributed by atoms with Crippen LogP contribution in [-0.2, 0) is 6.54 Å². The summed E-state index contributed by atoms with van der Waals surface area (Å²) in [4.78, 5) is 2.49. The van der Waals surface area contributed by atoms with Gasteiger partial charge in [0, 0.05) is 25.2 Å². The van der Waals surface area contributed by atoms with Gasteiger partial charge in [-0.3, -0.25) is 4.90 Å². The summed E-state index contributed by atoms with van der Waals surface area (Å²) in [6.07, 6.45) is 1.23. The van der Waals surface area contributed by atoms with Crippen LogP contribution in [0.5, 0.6) is 5.75 Å². The molecule has 0 bridgehead atoms. The standard InChI is InChI=1S/C14H22N2O/c1-12-4-5-13(14(10-12)17-2)11-16-8-3-6-15-7-9-16/h4-5,10,15H,3,6-9,11H2,1-2H3. The van der Waals surface area contributed by atoms with E-state index in [1.165, 1.54) is 24.1 Å². The van der Waals surface area contributed by atoms with E-state index >= 15 is 0 Å². The highest BCUT2D eigenvalue weighted by molar-refractivity contribution is 5.37. The van der Waals surface area contributed by atoms with Crippen molar-refractivity contribution in [3.63, 3.8) is 0 Å². The molecule has 1 aromatic rings. The van der Waals surface area contributed by atoms with Gasteiger partial charge in [0.15, 0.2) is 0 Å². The molecule has 0 aliphatic carbocycles. The molecule has 3 heteroatoms. The van der Waals surface area contributed by atoms with Gasteiger partial charge >= 0.3 is 0 Å². The average Bonchev–Trinajstić information content (AvgIpc) is 2.60. The zero-order valence-corrected chi connectivity index (χ0v) is 10.8. The summed E-state index contributed by atoms with van der Waals surface area (Å²) in [6.45, 7) is 7.62. The van der Waals surface area contributed by atoms with Crippen LogP contribution < -0.4 is 10.1 Å². The van der Waals surface area contributed by atoms with Crippen molar-refractivity contribution in [2.24, 2.45) is 0 Å². The van der Waals surface area contributed by atoms with Crippen molar-refractivity contribution in [3.05, 3.63) is 29.3 Å². The molecule has 0 amide bonds. The molecule has 0 aromatic heterocycles. The molecule has 0 saturated carbocycles. The van der Waals surface area contributed by atoms with Gasteiger partial charge in [-0.25, -0.2) is 0 Å². The molecule has 1 heterocycles. The lowest BCUT2D eigenvalue weighted by Crippen LogP contribution is -2.27. The maximum atomic E-state index is 5.46. The van der Waals surface area contributed by atoms with E-state index < -0.39 is 0 Å². The number of benzene rings is 1. The van der Waals surface area contributed by atoms with E-state index in [0.29, 0.717) is 0 Å². The first-order valence-corrected chi connectivity index (χ1v) is 6.36. The Labute approximate surface area is 104 Å². The smallest absolute Gasteiger partial charge is 0.123 e. The zero-order valence-electron chi connectivity index (χ0n) is 10.8. The van der Waals surface area contributed by atoms with Gasteiger partial charge in [0.1, 0.15) is 5.75 Å². The second-order valence-corrected chi connectivity index (χ2v) is 4.70. The van der Waals surface area contributed by atoms with Gasteiger partial charge in [-0.05, 0) is 38.1 Å². The van der Waals surface area contributed by atoms with Crippen LogP contribution >= 0.6 is 0 Å². The molecular weight excluding hydrogens is 212 g/mol. The Morgan fingerprint density at radius 2 is 2.18 bits per heavy atom. The molecule has 0 unspecified atom stereocenters. The van der Waals surface area contributed by atoms with Gasteiger partial charge in [0.05, 0.1) is 7.11 Å². The first-order valence-electron chi connectivity index (χ1n) is 6.36. The fourth-order valence-electron chi connectivity index (χ4n) is 2.28. The topological polar surface area (TPSA) is 24.5 Å². The number of ether oxygens (including phenoxy) is 1. The Morgan fingerprint density at radius 1 is 1.29 bits per heavy atom. The van der Waals surface area contributed by atoms with Gasteiger partial charge in [-0.15, -0.1) is 0 Å². The van der Waals surface area contributed by atoms with Crippen LogP contribution in [0.2, 0.25) is 0 Å². The molecule has 0 radical (unpaired) electrons. The minimum atomic E-state index is 0.991. The maximum absolute atomic E-state index is 5.46. The summed E-state index contributed by atoms with van der Waals surface area (Å²) < 4.78 is 5.46. The molecule has 1 fully saturated rings. The highest BCUT2D eigenvalue weighted by Gasteiger charge is 2.11. The lowest BCUT2D eigenvalue weighted by molar-refractivity contribution is 0.278. The molecule has 1 aromatic carbocycles. The molecule has 3 nitrogen and oxygen atoms in total. The summed E-state index contributed by atoms with van der Waals surface area (Å²) in [7, 11) is 1.75. The van der Waals surface area contributed by atoms with E-state index in [-0.39, 0.29) is 0 Å². The van der Waals surface area contributed by atoms with Crippen molar-refractivity contribution in [3.8, 4) is 5.75 Å². The predicted octanol–water partition coefficient (Wildman–Crippen LogP) is 1.80. The Hall–Kier alpha value is -1.06. The number of methoxy groups -OCH3 is 1. The molecule has 17 heavy (non-hydrogen) atoms. The number of hydrogen-bond acceptors (Lipinski definition) is 3. The van der Waals surface area contributed by atoms with Crippen molar-refractivity contribution in [2.75, 3.05) is 33.3 Å². The quantitative estimate of drug-likeness (QED) is 0.863. The first kappa shape index (κ1) is 12.4. The third-order valence-corrected chi connectivity index (χ3v) is 3.27. The van der Waals surface area contributed by atoms with Crippen LogP contribution in [0.3, 0.4) is 0 Å². The third kappa shape index (κ3) is 3.45. The van der Waals surface area contributed by atoms with Gasteiger partial charge in [-0.2, -0.15) is 0 Å². The Balaban J connectivity index is 2.06. The van der Waals surface area contributed by atoms with Gasteiger partial charge in [0.2, 0.25) is 0 Å². The maximum Gasteiger partial charge on any atom is 0.123 e. The van der Waals surface area contributed by atoms with E-state index in [1.807, 2.05) is 0 Å². The van der Waals surface area contributed by atoms with E-state index in [4.69, 9.17) is 4.74 Å². The highest BCUT2D eigenvalue weighted by Crippen LogP contribution is 2.21. The average molecular weight is 234 g/mol. The van der Waals surface area contributed by atoms with Crippen LogP contribution in [0.25, 0.3) is 0 Å². The first-order chi connectivity index (χ1) is 8.29. The van der Waals surface area contributed by atoms with Gasteiger partial charge in [-0.1, -0.05) is 12.1 Å². The fraction of sp³-hybridized carbons (Fsp3) is 0.571. The van der Waals surface area contributed by atoms with Crippen molar-refractivity contribution >= 4 is 0 Å². The van der Waals surface area contributed by atoms with Crippen molar-refractivity contribution in [1.29, 1.82) is 0 Å². The van der Waals surface area contributed by atoms with Gasteiger partial charge in [0.25, 0.3) is 0 Å². The van der Waals surface area contributed by atoms with Crippen molar-refractivity contribution < 1.29 is 4.74 Å². The van der Waals surface area contributed by atoms with E-state index in [0.717, 1.165) is 31.9 Å². The molecule has 0 spiro atoms. The second-order valence-electron chi connectivity index (χ2n) is 4.70. The number of rotatable bonds is 3. The minimum absolute atomic E-state index is 0.991. The Bertz CT molecular complexity index is 357. The number of hydrogen-bond donors (Lipinski definition) is 1. The Kier molecular flexibility index (Phi) is 4.40. The monoisotopic (exact) mass is 234 g/mol. The normalized spacial score (nSPS) is 17.8. The van der Waals surface area contributed by atoms with Crippen LogP contribution in [0, 0.1) is 6.92 Å². The summed E-state index contributed by atoms with van der Waals surface area (Å²) in [5.74, 6) is 1.02. The van der Waals surface area contributed by atoms with Crippen LogP contribution in [0.15, 0.2) is 18.2 Å². The van der Waals surface area contributed by atoms with E-state index in [1.54, 1.807) is 7.11 Å². The van der Waals surface area contributed by atoms with Crippen LogP contribution in [0.1, 0.15) is 17.5 Å². The van der Waals surface area contributed by atoms with Crippen LogP contribution in [0.4, 0.5) is 0 Å². The summed E-state index contributed by atoms with van der Waals surface area (Å²) in [5, 5.41) is 3.43. The van der Waals surface area contributed by atoms with Crippen molar-refractivity contribution in [1.82, 2.24) is 10.2 Å². The fourth-order valence-corrected chi connectivity index (χ4v) is 2.28. The molecular formula is C14H22N2O. The SMILES string of the molecule is COc1cc(C)ccc1CN1CCCNCC1. The van der Waals surface area contributed by atoms with E-state index in [2.05, 4.69) is 35.3 Å². The number of nitrogens with zero attached hydrogens (tertiary/aromatic N) is 1. The molecule has 0 atom stereocenters. The lowest BCUT2D eigenvalue weighted by atomic mass is 10.1. The van der Waals surface area contributed by atoms with E-state index in [9.17, 15) is 0 Å². The lowest BCUT2D eigenvalue weighted by Gasteiger charge is -2.21. The summed E-state index contributed by atoms with van der Waals surface area (Å²) in [5.41, 5.74) is 2.54. The number of aryl methyl sites for hydroxylation is 1. The molecule has 2 rings (SSSR count). The third-order valence-electron chi connectivity index (χ3n) is 3.27.